The number of aryl methyl sites for hydroxylation is 1. The van der Waals surface area contributed by atoms with Crippen molar-refractivity contribution in [2.45, 2.75) is 33.4 Å². The molecule has 0 amide bonds. The highest BCUT2D eigenvalue weighted by atomic mass is 16.3. The molecule has 1 aromatic carbocycles. The highest BCUT2D eigenvalue weighted by Gasteiger charge is 2.03. The molecule has 2 aromatic rings. The molecule has 18 heavy (non-hydrogen) atoms. The van der Waals surface area contributed by atoms with Crippen molar-refractivity contribution in [1.29, 1.82) is 0 Å². The van der Waals surface area contributed by atoms with Gasteiger partial charge in [-0.3, -0.25) is 4.68 Å². The number of rotatable bonds is 4. The van der Waals surface area contributed by atoms with Crippen molar-refractivity contribution in [1.82, 2.24) is 9.78 Å². The predicted octanol–water partition coefficient (Wildman–Crippen LogP) is 3.09. The fourth-order valence-electron chi connectivity index (χ4n) is 1.79. The van der Waals surface area contributed by atoms with Gasteiger partial charge in [-0.05, 0) is 44.5 Å². The molecule has 0 aliphatic heterocycles. The van der Waals surface area contributed by atoms with E-state index in [-0.39, 0.29) is 0 Å². The van der Waals surface area contributed by atoms with Crippen LogP contribution in [0.4, 0.5) is 5.69 Å². The summed E-state index contributed by atoms with van der Waals surface area (Å²) >= 11 is 0. The highest BCUT2D eigenvalue weighted by Crippen LogP contribution is 2.20. The second kappa shape index (κ2) is 5.12. The van der Waals surface area contributed by atoms with Gasteiger partial charge in [0, 0.05) is 30.0 Å². The van der Waals surface area contributed by atoms with Crippen molar-refractivity contribution >= 4 is 5.69 Å². The summed E-state index contributed by atoms with van der Waals surface area (Å²) in [6.07, 6.45) is 3.93. The van der Waals surface area contributed by atoms with Crippen molar-refractivity contribution in [3.8, 4) is 5.75 Å². The Morgan fingerprint density at radius 3 is 2.78 bits per heavy atom. The number of aromatic hydroxyl groups is 1. The Morgan fingerprint density at radius 1 is 1.39 bits per heavy atom. The molecule has 4 heteroatoms. The van der Waals surface area contributed by atoms with Crippen LogP contribution in [0.3, 0.4) is 0 Å². The topological polar surface area (TPSA) is 50.1 Å². The van der Waals surface area contributed by atoms with Crippen LogP contribution in [0.15, 0.2) is 30.6 Å². The van der Waals surface area contributed by atoms with Crippen molar-refractivity contribution in [2.75, 3.05) is 5.32 Å². The lowest BCUT2D eigenvalue weighted by atomic mass is 10.2. The van der Waals surface area contributed by atoms with Gasteiger partial charge in [0.25, 0.3) is 0 Å². The van der Waals surface area contributed by atoms with Crippen molar-refractivity contribution < 1.29 is 5.11 Å². The summed E-state index contributed by atoms with van der Waals surface area (Å²) in [5, 5.41) is 17.0. The van der Waals surface area contributed by atoms with E-state index in [1.807, 2.05) is 30.1 Å². The van der Waals surface area contributed by atoms with Crippen molar-refractivity contribution in [2.24, 2.45) is 0 Å². The number of benzene rings is 1. The zero-order valence-corrected chi connectivity index (χ0v) is 11.0. The van der Waals surface area contributed by atoms with Crippen LogP contribution in [0.5, 0.6) is 5.75 Å². The van der Waals surface area contributed by atoms with E-state index in [9.17, 15) is 5.11 Å². The number of phenolic OH excluding ortho intramolecular Hbond substituents is 1. The van der Waals surface area contributed by atoms with Gasteiger partial charge in [0.1, 0.15) is 5.75 Å². The van der Waals surface area contributed by atoms with Gasteiger partial charge >= 0.3 is 0 Å². The maximum Gasteiger partial charge on any atom is 0.115 e. The maximum absolute atomic E-state index is 9.35. The molecule has 0 radical (unpaired) electrons. The molecule has 0 atom stereocenters. The van der Waals surface area contributed by atoms with E-state index >= 15 is 0 Å². The quantitative estimate of drug-likeness (QED) is 0.814. The zero-order valence-electron chi connectivity index (χ0n) is 11.0. The van der Waals surface area contributed by atoms with E-state index in [1.54, 1.807) is 12.1 Å². The Labute approximate surface area is 107 Å². The molecule has 2 rings (SSSR count). The third kappa shape index (κ3) is 2.83. The van der Waals surface area contributed by atoms with Crippen LogP contribution >= 0.6 is 0 Å². The molecule has 1 heterocycles. The fourth-order valence-corrected chi connectivity index (χ4v) is 1.79. The summed E-state index contributed by atoms with van der Waals surface area (Å²) in [5.74, 6) is 0.297. The monoisotopic (exact) mass is 245 g/mol. The standard InChI is InChI=1S/C14H19N3O/c1-10(2)17-9-12(8-16-17)7-15-14-5-4-13(18)6-11(14)3/h4-6,8-10,15,18H,7H2,1-3H3. The molecule has 0 saturated heterocycles. The lowest BCUT2D eigenvalue weighted by Gasteiger charge is -2.08. The van der Waals surface area contributed by atoms with Gasteiger partial charge in [-0.1, -0.05) is 0 Å². The smallest absolute Gasteiger partial charge is 0.115 e. The molecular formula is C14H19N3O. The van der Waals surface area contributed by atoms with Gasteiger partial charge in [0.15, 0.2) is 0 Å². The minimum atomic E-state index is 0.297. The van der Waals surface area contributed by atoms with Crippen LogP contribution in [0.25, 0.3) is 0 Å². The number of nitrogens with one attached hydrogen (secondary N) is 1. The summed E-state index contributed by atoms with van der Waals surface area (Å²) in [5.41, 5.74) is 3.22. The molecule has 0 bridgehead atoms. The van der Waals surface area contributed by atoms with Gasteiger partial charge in [0.05, 0.1) is 6.20 Å². The van der Waals surface area contributed by atoms with E-state index < -0.39 is 0 Å². The molecule has 4 nitrogen and oxygen atoms in total. The van der Waals surface area contributed by atoms with Crippen LogP contribution in [0.1, 0.15) is 31.0 Å². The molecule has 96 valence electrons. The molecule has 2 N–H and O–H groups in total. The molecule has 0 aliphatic rings. The van der Waals surface area contributed by atoms with Gasteiger partial charge < -0.3 is 10.4 Å². The van der Waals surface area contributed by atoms with Crippen LogP contribution in [0.2, 0.25) is 0 Å². The van der Waals surface area contributed by atoms with Gasteiger partial charge in [-0.15, -0.1) is 0 Å². The number of phenols is 1. The van der Waals surface area contributed by atoms with E-state index in [0.29, 0.717) is 11.8 Å². The third-order valence-corrected chi connectivity index (χ3v) is 2.88. The summed E-state index contributed by atoms with van der Waals surface area (Å²) in [4.78, 5) is 0. The first kappa shape index (κ1) is 12.5. The third-order valence-electron chi connectivity index (χ3n) is 2.88. The van der Waals surface area contributed by atoms with Crippen LogP contribution in [0, 0.1) is 6.92 Å². The van der Waals surface area contributed by atoms with Crippen LogP contribution < -0.4 is 5.32 Å². The molecule has 0 spiro atoms. The number of hydrogen-bond acceptors (Lipinski definition) is 3. The molecule has 0 fully saturated rings. The van der Waals surface area contributed by atoms with Crippen LogP contribution in [-0.4, -0.2) is 14.9 Å². The second-order valence-electron chi connectivity index (χ2n) is 4.78. The second-order valence-corrected chi connectivity index (χ2v) is 4.78. The minimum absolute atomic E-state index is 0.297. The highest BCUT2D eigenvalue weighted by molar-refractivity contribution is 5.53. The molecular weight excluding hydrogens is 226 g/mol. The Hall–Kier alpha value is -1.97. The van der Waals surface area contributed by atoms with E-state index in [1.165, 1.54) is 0 Å². The Kier molecular flexibility index (Phi) is 3.55. The number of aromatic nitrogens is 2. The summed E-state index contributed by atoms with van der Waals surface area (Å²) in [6.45, 7) is 6.92. The normalized spacial score (nSPS) is 10.9. The largest absolute Gasteiger partial charge is 0.508 e. The van der Waals surface area contributed by atoms with Crippen molar-refractivity contribution in [3.63, 3.8) is 0 Å². The number of hydrogen-bond donors (Lipinski definition) is 2. The average molecular weight is 245 g/mol. The molecule has 0 saturated carbocycles. The van der Waals surface area contributed by atoms with Crippen molar-refractivity contribution in [3.05, 3.63) is 41.7 Å². The first-order valence-corrected chi connectivity index (χ1v) is 6.13. The van der Waals surface area contributed by atoms with Crippen LogP contribution in [-0.2, 0) is 6.54 Å². The summed E-state index contributed by atoms with van der Waals surface area (Å²) < 4.78 is 1.95. The Bertz CT molecular complexity index is 532. The number of nitrogens with zero attached hydrogens (tertiary/aromatic N) is 2. The fraction of sp³-hybridized carbons (Fsp3) is 0.357. The van der Waals surface area contributed by atoms with Gasteiger partial charge in [-0.2, -0.15) is 5.10 Å². The lowest BCUT2D eigenvalue weighted by Crippen LogP contribution is -2.01. The summed E-state index contributed by atoms with van der Waals surface area (Å²) in [7, 11) is 0. The molecule has 1 aromatic heterocycles. The Balaban J connectivity index is 2.02. The van der Waals surface area contributed by atoms with E-state index in [2.05, 4.69) is 24.3 Å². The predicted molar refractivity (Wildman–Crippen MR) is 72.8 cm³/mol. The minimum Gasteiger partial charge on any atom is -0.508 e. The van der Waals surface area contributed by atoms with Gasteiger partial charge in [-0.25, -0.2) is 0 Å². The van der Waals surface area contributed by atoms with Gasteiger partial charge in [0.2, 0.25) is 0 Å². The first-order chi connectivity index (χ1) is 8.56. The maximum atomic E-state index is 9.35. The first-order valence-electron chi connectivity index (χ1n) is 6.13. The average Bonchev–Trinajstić information content (AvgIpc) is 2.76. The number of anilines is 1. The van der Waals surface area contributed by atoms with E-state index in [4.69, 9.17) is 0 Å². The van der Waals surface area contributed by atoms with E-state index in [0.717, 1.165) is 23.4 Å². The molecule has 0 unspecified atom stereocenters. The molecule has 0 aliphatic carbocycles. The lowest BCUT2D eigenvalue weighted by molar-refractivity contribution is 0.475. The Morgan fingerprint density at radius 2 is 2.17 bits per heavy atom. The zero-order chi connectivity index (χ0) is 13.1. The summed E-state index contributed by atoms with van der Waals surface area (Å²) in [6, 6.07) is 5.71. The SMILES string of the molecule is Cc1cc(O)ccc1NCc1cnn(C(C)C)c1.